The van der Waals surface area contributed by atoms with Gasteiger partial charge in [0, 0.05) is 17.0 Å². The summed E-state index contributed by atoms with van der Waals surface area (Å²) >= 11 is 1.72. The van der Waals surface area contributed by atoms with Gasteiger partial charge in [0.2, 0.25) is 0 Å². The summed E-state index contributed by atoms with van der Waals surface area (Å²) in [5.74, 6) is 0. The highest BCUT2D eigenvalue weighted by atomic mass is 32.2. The molecule has 1 aliphatic rings. The van der Waals surface area contributed by atoms with Crippen molar-refractivity contribution in [2.75, 3.05) is 6.54 Å². The maximum Gasteiger partial charge on any atom is 0.0657 e. The van der Waals surface area contributed by atoms with Crippen molar-refractivity contribution >= 4 is 11.8 Å². The SMILES string of the molecule is N/C=C(\CN)[C@H]1SC1C(N)N. The van der Waals surface area contributed by atoms with E-state index in [9.17, 15) is 0 Å². The van der Waals surface area contributed by atoms with E-state index < -0.39 is 0 Å². The van der Waals surface area contributed by atoms with Gasteiger partial charge in [0.25, 0.3) is 0 Å². The van der Waals surface area contributed by atoms with Gasteiger partial charge in [-0.1, -0.05) is 0 Å². The Bertz CT molecular complexity index is 168. The summed E-state index contributed by atoms with van der Waals surface area (Å²) in [7, 11) is 0. The largest absolute Gasteiger partial charge is 0.405 e. The second-order valence-corrected chi connectivity index (χ2v) is 3.87. The molecule has 2 atom stereocenters. The maximum absolute atomic E-state index is 5.48. The van der Waals surface area contributed by atoms with Gasteiger partial charge in [0.15, 0.2) is 0 Å². The van der Waals surface area contributed by atoms with Crippen molar-refractivity contribution in [1.82, 2.24) is 0 Å². The number of hydrogen-bond acceptors (Lipinski definition) is 5. The van der Waals surface area contributed by atoms with Crippen LogP contribution >= 0.6 is 11.8 Å². The van der Waals surface area contributed by atoms with Crippen LogP contribution in [0.3, 0.4) is 0 Å². The van der Waals surface area contributed by atoms with Gasteiger partial charge < -0.3 is 22.9 Å². The van der Waals surface area contributed by atoms with E-state index in [0.29, 0.717) is 17.0 Å². The molecule has 0 amide bonds. The summed E-state index contributed by atoms with van der Waals surface area (Å²) in [4.78, 5) is 0. The predicted molar refractivity (Wildman–Crippen MR) is 48.7 cm³/mol. The molecule has 1 heterocycles. The van der Waals surface area contributed by atoms with Crippen LogP contribution in [0.5, 0.6) is 0 Å². The molecule has 4 nitrogen and oxygen atoms in total. The minimum Gasteiger partial charge on any atom is -0.405 e. The lowest BCUT2D eigenvalue weighted by Gasteiger charge is -2.02. The van der Waals surface area contributed by atoms with E-state index in [1.807, 2.05) is 0 Å². The van der Waals surface area contributed by atoms with Crippen LogP contribution in [0.1, 0.15) is 0 Å². The minimum absolute atomic E-state index is 0.258. The van der Waals surface area contributed by atoms with Gasteiger partial charge in [-0.15, -0.1) is 11.8 Å². The van der Waals surface area contributed by atoms with E-state index >= 15 is 0 Å². The van der Waals surface area contributed by atoms with Crippen LogP contribution in [-0.2, 0) is 0 Å². The van der Waals surface area contributed by atoms with Crippen LogP contribution in [0.25, 0.3) is 0 Å². The molecule has 0 aliphatic carbocycles. The van der Waals surface area contributed by atoms with Crippen LogP contribution in [0.2, 0.25) is 0 Å². The second-order valence-electron chi connectivity index (χ2n) is 2.54. The Labute approximate surface area is 70.4 Å². The first-order chi connectivity index (χ1) is 5.20. The fourth-order valence-electron chi connectivity index (χ4n) is 0.994. The Hall–Kier alpha value is -0.230. The molecule has 0 aromatic heterocycles. The smallest absolute Gasteiger partial charge is 0.0657 e. The first-order valence-electron chi connectivity index (χ1n) is 3.48. The molecule has 0 aromatic rings. The van der Waals surface area contributed by atoms with Gasteiger partial charge in [0.1, 0.15) is 0 Å². The molecule has 0 bridgehead atoms. The van der Waals surface area contributed by atoms with E-state index in [2.05, 4.69) is 0 Å². The van der Waals surface area contributed by atoms with Crippen LogP contribution in [-0.4, -0.2) is 23.2 Å². The Morgan fingerprint density at radius 1 is 1.55 bits per heavy atom. The lowest BCUT2D eigenvalue weighted by molar-refractivity contribution is 0.704. The lowest BCUT2D eigenvalue weighted by atomic mass is 10.1. The van der Waals surface area contributed by atoms with Gasteiger partial charge in [-0.3, -0.25) is 0 Å². The van der Waals surface area contributed by atoms with E-state index in [4.69, 9.17) is 22.9 Å². The van der Waals surface area contributed by atoms with Gasteiger partial charge in [-0.25, -0.2) is 0 Å². The highest BCUT2D eigenvalue weighted by Crippen LogP contribution is 2.46. The molecule has 0 saturated carbocycles. The second kappa shape index (κ2) is 3.44. The summed E-state index contributed by atoms with van der Waals surface area (Å²) in [6.07, 6.45) is 1.30. The zero-order chi connectivity index (χ0) is 8.43. The van der Waals surface area contributed by atoms with Gasteiger partial charge >= 0.3 is 0 Å². The maximum atomic E-state index is 5.48. The highest BCUT2D eigenvalue weighted by molar-refractivity contribution is 8.08. The first kappa shape index (κ1) is 8.86. The molecule has 1 saturated heterocycles. The molecular formula is C6H14N4S. The van der Waals surface area contributed by atoms with E-state index in [1.165, 1.54) is 0 Å². The van der Waals surface area contributed by atoms with Crippen LogP contribution in [0, 0.1) is 0 Å². The fourth-order valence-corrected chi connectivity index (χ4v) is 2.13. The Morgan fingerprint density at radius 3 is 2.45 bits per heavy atom. The Balaban J connectivity index is 2.42. The van der Waals surface area contributed by atoms with Crippen LogP contribution in [0.15, 0.2) is 11.8 Å². The van der Waals surface area contributed by atoms with Gasteiger partial charge in [0.05, 0.1) is 6.17 Å². The summed E-state index contributed by atoms with van der Waals surface area (Å²) < 4.78 is 0. The predicted octanol–water partition coefficient (Wildman–Crippen LogP) is -1.48. The third-order valence-corrected chi connectivity index (χ3v) is 3.20. The van der Waals surface area contributed by atoms with Crippen molar-refractivity contribution in [2.24, 2.45) is 22.9 Å². The number of nitrogens with two attached hydrogens (primary N) is 4. The first-order valence-corrected chi connectivity index (χ1v) is 4.42. The van der Waals surface area contributed by atoms with Gasteiger partial charge in [-0.05, 0) is 11.8 Å². The van der Waals surface area contributed by atoms with Crippen molar-refractivity contribution < 1.29 is 0 Å². The fraction of sp³-hybridized carbons (Fsp3) is 0.667. The molecule has 1 unspecified atom stereocenters. The number of hydrogen-bond donors (Lipinski definition) is 4. The van der Waals surface area contributed by atoms with Crippen LogP contribution in [0.4, 0.5) is 0 Å². The average Bonchev–Trinajstić information content (AvgIpc) is 2.70. The molecule has 0 aromatic carbocycles. The van der Waals surface area contributed by atoms with Gasteiger partial charge in [-0.2, -0.15) is 0 Å². The third kappa shape index (κ3) is 1.87. The van der Waals surface area contributed by atoms with Crippen molar-refractivity contribution in [3.05, 3.63) is 11.8 Å². The Kier molecular flexibility index (Phi) is 2.78. The van der Waals surface area contributed by atoms with E-state index in [-0.39, 0.29) is 6.17 Å². The monoisotopic (exact) mass is 174 g/mol. The van der Waals surface area contributed by atoms with Crippen molar-refractivity contribution in [3.8, 4) is 0 Å². The molecule has 0 spiro atoms. The van der Waals surface area contributed by atoms with Crippen molar-refractivity contribution in [2.45, 2.75) is 16.7 Å². The Morgan fingerprint density at radius 2 is 2.18 bits per heavy atom. The number of rotatable bonds is 3. The third-order valence-electron chi connectivity index (χ3n) is 1.72. The summed E-state index contributed by atoms with van der Waals surface area (Å²) in [5, 5.41) is 0.679. The molecule has 1 aliphatic heterocycles. The van der Waals surface area contributed by atoms with E-state index in [1.54, 1.807) is 18.0 Å². The topological polar surface area (TPSA) is 104 Å². The molecule has 64 valence electrons. The zero-order valence-electron chi connectivity index (χ0n) is 6.23. The molecule has 5 heteroatoms. The number of thioether (sulfide) groups is 1. The lowest BCUT2D eigenvalue weighted by Crippen LogP contribution is -2.37. The van der Waals surface area contributed by atoms with Crippen molar-refractivity contribution in [3.63, 3.8) is 0 Å². The molecule has 11 heavy (non-hydrogen) atoms. The molecule has 8 N–H and O–H groups in total. The summed E-state index contributed by atoms with van der Waals surface area (Å²) in [5.41, 5.74) is 22.8. The average molecular weight is 174 g/mol. The van der Waals surface area contributed by atoms with E-state index in [0.717, 1.165) is 5.57 Å². The molecule has 1 rings (SSSR count). The summed E-state index contributed by atoms with van der Waals surface area (Å²) in [6, 6.07) is 0. The summed E-state index contributed by atoms with van der Waals surface area (Å²) in [6.45, 7) is 0.497. The quantitative estimate of drug-likeness (QED) is 0.308. The van der Waals surface area contributed by atoms with Crippen molar-refractivity contribution in [1.29, 1.82) is 0 Å². The normalized spacial score (nSPS) is 31.1. The molecule has 0 radical (unpaired) electrons. The molecular weight excluding hydrogens is 160 g/mol. The standard InChI is InChI=1S/C6H14N4S/c7-1-3(2-8)4-5(11-4)6(9)10/h1,4-6H,2,7-10H2/b3-1+/t4-,5?/m1/s1. The van der Waals surface area contributed by atoms with Crippen LogP contribution < -0.4 is 22.9 Å². The zero-order valence-corrected chi connectivity index (χ0v) is 7.05. The highest BCUT2D eigenvalue weighted by Gasteiger charge is 2.43. The molecule has 1 fully saturated rings. The minimum atomic E-state index is -0.258.